The molecule has 1 fully saturated rings. The number of carbonyl (C=O) groups is 2. The van der Waals surface area contributed by atoms with Gasteiger partial charge in [-0.05, 0) is 44.9 Å². The predicted octanol–water partition coefficient (Wildman–Crippen LogP) is 3.67. The Bertz CT molecular complexity index is 1360. The van der Waals surface area contributed by atoms with Crippen LogP contribution in [0.15, 0.2) is 18.2 Å². The molecule has 1 saturated carbocycles. The number of aryl methyl sites for hydroxylation is 1. The molecule has 3 aromatic rings. The number of hydrogen-bond donors (Lipinski definition) is 0. The van der Waals surface area contributed by atoms with E-state index in [9.17, 15) is 9.59 Å². The molecule has 0 radical (unpaired) electrons. The van der Waals surface area contributed by atoms with Gasteiger partial charge in [0.1, 0.15) is 11.5 Å². The van der Waals surface area contributed by atoms with Crippen LogP contribution in [0.3, 0.4) is 0 Å². The molecule has 1 atom stereocenters. The Labute approximate surface area is 212 Å². The lowest BCUT2D eigenvalue weighted by Gasteiger charge is -2.34. The highest BCUT2D eigenvalue weighted by Gasteiger charge is 2.38. The SMILES string of the molecule is Cc1nnc(CN2CCn3nc4c(c3C2=O)CN(C(=O)c2ccc(Cl)c(Cl)c2)[C@H](C)C4)n1C1CC1. The molecule has 3 aliphatic rings. The zero-order valence-corrected chi connectivity index (χ0v) is 21.1. The summed E-state index contributed by atoms with van der Waals surface area (Å²) in [4.78, 5) is 30.6. The number of benzene rings is 1. The third kappa shape index (κ3) is 3.81. The van der Waals surface area contributed by atoms with Gasteiger partial charge in [0, 0.05) is 36.2 Å². The minimum absolute atomic E-state index is 0.0623. The molecule has 0 bridgehead atoms. The van der Waals surface area contributed by atoms with Gasteiger partial charge < -0.3 is 14.4 Å². The monoisotopic (exact) mass is 513 g/mol. The number of halogens is 2. The van der Waals surface area contributed by atoms with Gasteiger partial charge in [-0.25, -0.2) is 0 Å². The molecule has 0 spiro atoms. The maximum absolute atomic E-state index is 13.6. The fourth-order valence-electron chi connectivity index (χ4n) is 5.18. The van der Waals surface area contributed by atoms with Gasteiger partial charge in [0.05, 0.1) is 35.4 Å². The van der Waals surface area contributed by atoms with Crippen LogP contribution in [-0.2, 0) is 26.1 Å². The molecule has 2 aliphatic heterocycles. The summed E-state index contributed by atoms with van der Waals surface area (Å²) < 4.78 is 3.97. The third-order valence-electron chi connectivity index (χ3n) is 7.16. The van der Waals surface area contributed by atoms with Gasteiger partial charge in [-0.1, -0.05) is 23.2 Å². The van der Waals surface area contributed by atoms with Crippen molar-refractivity contribution in [3.8, 4) is 0 Å². The van der Waals surface area contributed by atoms with Gasteiger partial charge in [-0.15, -0.1) is 10.2 Å². The molecule has 182 valence electrons. The lowest BCUT2D eigenvalue weighted by Crippen LogP contribution is -2.44. The Balaban J connectivity index is 1.28. The van der Waals surface area contributed by atoms with Crippen LogP contribution >= 0.6 is 23.2 Å². The summed E-state index contributed by atoms with van der Waals surface area (Å²) in [6, 6.07) is 5.28. The van der Waals surface area contributed by atoms with E-state index in [0.29, 0.717) is 59.9 Å². The van der Waals surface area contributed by atoms with Crippen molar-refractivity contribution in [3.63, 3.8) is 0 Å². The molecule has 11 heteroatoms. The van der Waals surface area contributed by atoms with E-state index in [1.54, 1.807) is 27.8 Å². The molecule has 0 N–H and O–H groups in total. The van der Waals surface area contributed by atoms with Crippen molar-refractivity contribution < 1.29 is 9.59 Å². The number of carbonyl (C=O) groups excluding carboxylic acids is 2. The summed E-state index contributed by atoms with van der Waals surface area (Å²) in [5.41, 5.74) is 2.75. The number of aromatic nitrogens is 5. The summed E-state index contributed by atoms with van der Waals surface area (Å²) in [6.45, 7) is 5.86. The summed E-state index contributed by atoms with van der Waals surface area (Å²) in [5, 5.41) is 14.1. The van der Waals surface area contributed by atoms with E-state index in [4.69, 9.17) is 28.3 Å². The molecule has 1 aromatic carbocycles. The van der Waals surface area contributed by atoms with Crippen molar-refractivity contribution in [3.05, 3.63) is 62.4 Å². The molecule has 6 rings (SSSR count). The van der Waals surface area contributed by atoms with Crippen LogP contribution < -0.4 is 0 Å². The predicted molar refractivity (Wildman–Crippen MR) is 129 cm³/mol. The average molecular weight is 514 g/mol. The number of rotatable bonds is 4. The molecular formula is C24H25Cl2N7O2. The van der Waals surface area contributed by atoms with Crippen molar-refractivity contribution in [2.75, 3.05) is 6.54 Å². The van der Waals surface area contributed by atoms with Gasteiger partial charge in [-0.2, -0.15) is 5.10 Å². The molecule has 9 nitrogen and oxygen atoms in total. The first-order valence-corrected chi connectivity index (χ1v) is 12.6. The van der Waals surface area contributed by atoms with Crippen LogP contribution in [0.5, 0.6) is 0 Å². The van der Waals surface area contributed by atoms with Gasteiger partial charge in [0.15, 0.2) is 5.82 Å². The quantitative estimate of drug-likeness (QED) is 0.530. The zero-order chi connectivity index (χ0) is 24.4. The molecule has 4 heterocycles. The maximum Gasteiger partial charge on any atom is 0.272 e. The number of fused-ring (bicyclic) bond motifs is 3. The van der Waals surface area contributed by atoms with Crippen molar-refractivity contribution in [2.45, 2.75) is 64.8 Å². The number of hydrogen-bond acceptors (Lipinski definition) is 5. The van der Waals surface area contributed by atoms with Gasteiger partial charge in [0.2, 0.25) is 0 Å². The smallest absolute Gasteiger partial charge is 0.272 e. The molecule has 35 heavy (non-hydrogen) atoms. The van der Waals surface area contributed by atoms with Crippen LogP contribution in [0.4, 0.5) is 0 Å². The van der Waals surface area contributed by atoms with E-state index in [-0.39, 0.29) is 17.9 Å². The highest BCUT2D eigenvalue weighted by molar-refractivity contribution is 6.42. The van der Waals surface area contributed by atoms with Gasteiger partial charge in [-0.3, -0.25) is 14.3 Å². The van der Waals surface area contributed by atoms with Crippen LogP contribution in [0, 0.1) is 6.92 Å². The van der Waals surface area contributed by atoms with Crippen LogP contribution in [0.1, 0.15) is 69.6 Å². The molecular weight excluding hydrogens is 489 g/mol. The topological polar surface area (TPSA) is 89.2 Å². The Hall–Kier alpha value is -2.91. The highest BCUT2D eigenvalue weighted by atomic mass is 35.5. The summed E-state index contributed by atoms with van der Waals surface area (Å²) in [5.74, 6) is 1.49. The van der Waals surface area contributed by atoms with E-state index in [0.717, 1.165) is 35.7 Å². The Kier molecular flexibility index (Phi) is 5.37. The summed E-state index contributed by atoms with van der Waals surface area (Å²) in [6.07, 6.45) is 2.84. The second-order valence-corrected chi connectivity index (χ2v) is 10.4. The largest absolute Gasteiger partial charge is 0.331 e. The Morgan fingerprint density at radius 3 is 2.69 bits per heavy atom. The summed E-state index contributed by atoms with van der Waals surface area (Å²) in [7, 11) is 0. The van der Waals surface area contributed by atoms with E-state index < -0.39 is 0 Å². The van der Waals surface area contributed by atoms with Crippen LogP contribution in [-0.4, -0.2) is 58.7 Å². The van der Waals surface area contributed by atoms with Crippen molar-refractivity contribution in [2.24, 2.45) is 0 Å². The minimum atomic E-state index is -0.144. The van der Waals surface area contributed by atoms with Crippen molar-refractivity contribution >= 4 is 35.0 Å². The van der Waals surface area contributed by atoms with Crippen molar-refractivity contribution in [1.29, 1.82) is 0 Å². The zero-order valence-electron chi connectivity index (χ0n) is 19.5. The van der Waals surface area contributed by atoms with E-state index in [2.05, 4.69) is 14.8 Å². The highest BCUT2D eigenvalue weighted by Crippen LogP contribution is 2.37. The van der Waals surface area contributed by atoms with Crippen LogP contribution in [0.2, 0.25) is 10.0 Å². The lowest BCUT2D eigenvalue weighted by atomic mass is 9.97. The van der Waals surface area contributed by atoms with Gasteiger partial charge >= 0.3 is 0 Å². The molecule has 2 aromatic heterocycles. The van der Waals surface area contributed by atoms with E-state index in [1.165, 1.54) is 0 Å². The maximum atomic E-state index is 13.6. The summed E-state index contributed by atoms with van der Waals surface area (Å²) >= 11 is 12.2. The van der Waals surface area contributed by atoms with Crippen LogP contribution in [0.25, 0.3) is 0 Å². The molecule has 1 aliphatic carbocycles. The fraction of sp³-hybridized carbons (Fsp3) is 0.458. The lowest BCUT2D eigenvalue weighted by molar-refractivity contribution is 0.0635. The van der Waals surface area contributed by atoms with Crippen molar-refractivity contribution in [1.82, 2.24) is 34.3 Å². The Morgan fingerprint density at radius 1 is 1.14 bits per heavy atom. The number of nitrogens with zero attached hydrogens (tertiary/aromatic N) is 7. The normalized spacial score (nSPS) is 19.7. The first kappa shape index (κ1) is 22.5. The first-order chi connectivity index (χ1) is 16.8. The second-order valence-electron chi connectivity index (χ2n) is 9.60. The minimum Gasteiger partial charge on any atom is -0.331 e. The third-order valence-corrected chi connectivity index (χ3v) is 7.90. The van der Waals surface area contributed by atoms with Gasteiger partial charge in [0.25, 0.3) is 11.8 Å². The van der Waals surface area contributed by atoms with E-state index in [1.807, 2.05) is 18.7 Å². The Morgan fingerprint density at radius 2 is 1.94 bits per heavy atom. The molecule has 2 amide bonds. The number of amides is 2. The second kappa shape index (κ2) is 8.34. The first-order valence-electron chi connectivity index (χ1n) is 11.9. The average Bonchev–Trinajstić information content (AvgIpc) is 3.50. The fourth-order valence-corrected chi connectivity index (χ4v) is 5.48. The molecule has 0 unspecified atom stereocenters. The van der Waals surface area contributed by atoms with E-state index >= 15 is 0 Å². The molecule has 0 saturated heterocycles. The standard InChI is InChI=1S/C24H25Cl2N7O2/c1-13-9-20-17(11-31(13)23(34)15-3-6-18(25)19(26)10-15)22-24(35)30(7-8-32(22)29-20)12-21-28-27-14(2)33(21)16-4-5-16/h3,6,10,13,16H,4-5,7-9,11-12H2,1-2H3/t13-/m1/s1.